The Labute approximate surface area is 261 Å². The summed E-state index contributed by atoms with van der Waals surface area (Å²) in [5.41, 5.74) is 6.57. The molecule has 5 aromatic rings. The number of hydrogen-bond donors (Lipinski definition) is 3. The molecule has 3 N–H and O–H groups in total. The zero-order valence-electron chi connectivity index (χ0n) is 25.5. The number of fused-ring (bicyclic) bond motifs is 6. The first-order valence-electron chi connectivity index (χ1n) is 15.6. The average molecular weight is 608 g/mol. The van der Waals surface area contributed by atoms with Crippen molar-refractivity contribution in [2.75, 3.05) is 20.8 Å². The third kappa shape index (κ3) is 5.26. The van der Waals surface area contributed by atoms with Gasteiger partial charge in [0, 0.05) is 51.6 Å². The minimum absolute atomic E-state index is 0.126. The fourth-order valence-corrected chi connectivity index (χ4v) is 7.17. The topological polar surface area (TPSA) is 115 Å². The van der Waals surface area contributed by atoms with Crippen molar-refractivity contribution in [3.05, 3.63) is 77.5 Å². The normalized spacial score (nSPS) is 15.5. The van der Waals surface area contributed by atoms with Crippen LogP contribution in [0.5, 0.6) is 17.2 Å². The molecular weight excluding hydrogens is 570 g/mol. The maximum atomic E-state index is 13.8. The number of H-pyrrole nitrogens is 1. The van der Waals surface area contributed by atoms with Crippen molar-refractivity contribution in [2.24, 2.45) is 0 Å². The van der Waals surface area contributed by atoms with Crippen molar-refractivity contribution in [3.63, 3.8) is 0 Å². The smallest absolute Gasteiger partial charge is 0.328 e. The van der Waals surface area contributed by atoms with Gasteiger partial charge in [-0.3, -0.25) is 4.79 Å². The van der Waals surface area contributed by atoms with Crippen LogP contribution in [0.2, 0.25) is 0 Å². The van der Waals surface area contributed by atoms with Gasteiger partial charge in [0.1, 0.15) is 29.9 Å². The number of phenols is 1. The monoisotopic (exact) mass is 607 g/mol. The number of carbonyl (C=O) groups excluding carboxylic acids is 2. The molecule has 9 nitrogen and oxygen atoms in total. The number of methoxy groups -OCH3 is 2. The van der Waals surface area contributed by atoms with Crippen molar-refractivity contribution in [1.29, 1.82) is 0 Å². The van der Waals surface area contributed by atoms with E-state index in [1.54, 1.807) is 31.5 Å². The molecule has 1 atom stereocenters. The van der Waals surface area contributed by atoms with Gasteiger partial charge in [-0.25, -0.2) is 4.79 Å². The lowest BCUT2D eigenvalue weighted by molar-refractivity contribution is -0.142. The minimum atomic E-state index is -0.919. The molecule has 1 saturated carbocycles. The number of nitrogens with one attached hydrogen (secondary N) is 2. The van der Waals surface area contributed by atoms with Crippen LogP contribution in [0.1, 0.15) is 59.5 Å². The Morgan fingerprint density at radius 1 is 1.04 bits per heavy atom. The van der Waals surface area contributed by atoms with Crippen LogP contribution >= 0.6 is 0 Å². The first kappa shape index (κ1) is 28.8. The van der Waals surface area contributed by atoms with E-state index in [4.69, 9.17) is 14.2 Å². The highest BCUT2D eigenvalue weighted by atomic mass is 16.5. The number of carbonyl (C=O) groups is 2. The van der Waals surface area contributed by atoms with E-state index in [2.05, 4.69) is 27.0 Å². The summed E-state index contributed by atoms with van der Waals surface area (Å²) >= 11 is 0. The van der Waals surface area contributed by atoms with E-state index >= 15 is 0 Å². The van der Waals surface area contributed by atoms with Crippen LogP contribution in [0, 0.1) is 0 Å². The number of hydrogen-bond acceptors (Lipinski definition) is 6. The molecule has 45 heavy (non-hydrogen) atoms. The van der Waals surface area contributed by atoms with E-state index in [1.165, 1.54) is 31.9 Å². The Morgan fingerprint density at radius 2 is 1.89 bits per heavy atom. The Hall–Kier alpha value is -4.92. The van der Waals surface area contributed by atoms with Gasteiger partial charge in [0.05, 0.1) is 26.5 Å². The van der Waals surface area contributed by atoms with Crippen LogP contribution in [0.25, 0.3) is 33.1 Å². The molecule has 1 aliphatic carbocycles. The van der Waals surface area contributed by atoms with Gasteiger partial charge < -0.3 is 34.2 Å². The minimum Gasteiger partial charge on any atom is -0.508 e. The number of esters is 1. The molecule has 3 aromatic carbocycles. The molecule has 0 radical (unpaired) electrons. The van der Waals surface area contributed by atoms with Gasteiger partial charge in [-0.2, -0.15) is 0 Å². The summed E-state index contributed by atoms with van der Waals surface area (Å²) in [5.74, 6) is 1.20. The first-order chi connectivity index (χ1) is 21.9. The Morgan fingerprint density at radius 3 is 2.69 bits per heavy atom. The highest BCUT2D eigenvalue weighted by molar-refractivity contribution is 6.02. The van der Waals surface area contributed by atoms with Crippen LogP contribution in [0.3, 0.4) is 0 Å². The summed E-state index contributed by atoms with van der Waals surface area (Å²) in [6.45, 7) is 1.13. The van der Waals surface area contributed by atoms with Crippen LogP contribution in [0.4, 0.5) is 0 Å². The van der Waals surface area contributed by atoms with Crippen molar-refractivity contribution in [2.45, 2.75) is 57.0 Å². The number of aromatic amines is 1. The second kappa shape index (κ2) is 11.9. The van der Waals surface area contributed by atoms with Crippen molar-refractivity contribution < 1.29 is 28.9 Å². The lowest BCUT2D eigenvalue weighted by Crippen LogP contribution is -2.43. The van der Waals surface area contributed by atoms with Crippen molar-refractivity contribution in [3.8, 4) is 28.5 Å². The highest BCUT2D eigenvalue weighted by Crippen LogP contribution is 2.47. The summed E-state index contributed by atoms with van der Waals surface area (Å²) < 4.78 is 19.1. The Bertz CT molecular complexity index is 1920. The van der Waals surface area contributed by atoms with Gasteiger partial charge in [-0.15, -0.1) is 0 Å². The van der Waals surface area contributed by atoms with Crippen LogP contribution in [-0.4, -0.2) is 53.4 Å². The number of nitrogens with zero attached hydrogens (tertiary/aromatic N) is 1. The standard InChI is InChI=1S/C36H37N3O6/c1-43-25-10-12-27-32(19-25)45-15-14-39-31-17-22(8-11-26(31)33(34(27)39)21-6-4-3-5-7-21)35(41)38-30(36(42)44-2)16-23-20-37-29-13-9-24(40)18-28(23)29/h8-13,17-21,30,37,40H,3-7,14-16H2,1-2H3,(H,38,41)/t30-/m0/s1. The van der Waals surface area contributed by atoms with Gasteiger partial charge >= 0.3 is 5.97 Å². The van der Waals surface area contributed by atoms with Crippen LogP contribution < -0.4 is 14.8 Å². The number of phenolic OH excluding ortho intramolecular Hbond substituents is 1. The summed E-state index contributed by atoms with van der Waals surface area (Å²) in [7, 11) is 2.97. The summed E-state index contributed by atoms with van der Waals surface area (Å²) in [5, 5.41) is 14.9. The molecule has 232 valence electrons. The van der Waals surface area contributed by atoms with E-state index in [0.717, 1.165) is 63.0 Å². The number of rotatable bonds is 7. The molecule has 1 aliphatic heterocycles. The SMILES string of the molecule is COC(=O)[C@H](Cc1c[nH]c2ccc(O)cc12)NC(=O)c1ccc2c(C3CCCCC3)c3n(c2c1)CCOc1cc(OC)ccc1-3. The second-order valence-electron chi connectivity index (χ2n) is 12.0. The Kier molecular flexibility index (Phi) is 7.61. The number of aromatic nitrogens is 2. The predicted octanol–water partition coefficient (Wildman–Crippen LogP) is 6.46. The Balaban J connectivity index is 1.27. The molecule has 0 saturated heterocycles. The summed E-state index contributed by atoms with van der Waals surface area (Å²) in [6.07, 6.45) is 7.92. The third-order valence-corrected chi connectivity index (χ3v) is 9.36. The maximum absolute atomic E-state index is 13.8. The van der Waals surface area contributed by atoms with E-state index in [1.807, 2.05) is 24.3 Å². The quantitative estimate of drug-likeness (QED) is 0.183. The fraction of sp³-hybridized carbons (Fsp3) is 0.333. The van der Waals surface area contributed by atoms with Gasteiger partial charge in [-0.1, -0.05) is 25.3 Å². The molecule has 2 aliphatic rings. The first-order valence-corrected chi connectivity index (χ1v) is 15.6. The molecule has 0 spiro atoms. The molecule has 9 heteroatoms. The second-order valence-corrected chi connectivity index (χ2v) is 12.0. The van der Waals surface area contributed by atoms with E-state index < -0.39 is 12.0 Å². The van der Waals surface area contributed by atoms with Gasteiger partial charge in [-0.05, 0) is 72.4 Å². The summed E-state index contributed by atoms with van der Waals surface area (Å²) in [4.78, 5) is 29.8. The number of amides is 1. The van der Waals surface area contributed by atoms with Gasteiger partial charge in [0.25, 0.3) is 5.91 Å². The summed E-state index contributed by atoms with van der Waals surface area (Å²) in [6, 6.07) is 16.0. The van der Waals surface area contributed by atoms with Crippen molar-refractivity contribution in [1.82, 2.24) is 14.9 Å². The molecule has 0 bridgehead atoms. The van der Waals surface area contributed by atoms with E-state index in [9.17, 15) is 14.7 Å². The zero-order chi connectivity index (χ0) is 31.1. The molecular formula is C36H37N3O6. The average Bonchev–Trinajstić information content (AvgIpc) is 3.55. The van der Waals surface area contributed by atoms with Gasteiger partial charge in [0.15, 0.2) is 0 Å². The molecule has 1 amide bonds. The van der Waals surface area contributed by atoms with Crippen LogP contribution in [-0.2, 0) is 22.5 Å². The molecule has 0 unspecified atom stereocenters. The molecule has 2 aromatic heterocycles. The van der Waals surface area contributed by atoms with E-state index in [-0.39, 0.29) is 18.1 Å². The largest absolute Gasteiger partial charge is 0.508 e. The lowest BCUT2D eigenvalue weighted by Gasteiger charge is -2.23. The van der Waals surface area contributed by atoms with Crippen molar-refractivity contribution >= 4 is 33.7 Å². The molecule has 3 heterocycles. The maximum Gasteiger partial charge on any atom is 0.328 e. The van der Waals surface area contributed by atoms with Crippen LogP contribution in [0.15, 0.2) is 60.8 Å². The fourth-order valence-electron chi connectivity index (χ4n) is 7.17. The number of aromatic hydroxyl groups is 1. The number of ether oxygens (including phenoxy) is 3. The van der Waals surface area contributed by atoms with Gasteiger partial charge in [0.2, 0.25) is 0 Å². The van der Waals surface area contributed by atoms with E-state index in [0.29, 0.717) is 24.6 Å². The third-order valence-electron chi connectivity index (χ3n) is 9.36. The molecule has 7 rings (SSSR count). The highest BCUT2D eigenvalue weighted by Gasteiger charge is 2.30. The predicted molar refractivity (Wildman–Crippen MR) is 172 cm³/mol. The lowest BCUT2D eigenvalue weighted by atomic mass is 9.81. The molecule has 1 fully saturated rings. The zero-order valence-corrected chi connectivity index (χ0v) is 25.5. The number of benzene rings is 3.